The van der Waals surface area contributed by atoms with Gasteiger partial charge in [0.25, 0.3) is 0 Å². The van der Waals surface area contributed by atoms with Crippen LogP contribution in [0.25, 0.3) is 12.2 Å². The number of ketones is 2. The van der Waals surface area contributed by atoms with Crippen molar-refractivity contribution in [2.75, 3.05) is 0 Å². The van der Waals surface area contributed by atoms with Crippen LogP contribution in [0.15, 0.2) is 84.9 Å². The number of phenolic OH excluding ortho intramolecular Hbond substituents is 2. The van der Waals surface area contributed by atoms with Crippen LogP contribution in [-0.4, -0.2) is 21.8 Å². The molecular weight excluding hydrogens is 352 g/mol. The summed E-state index contributed by atoms with van der Waals surface area (Å²) in [5.74, 6) is -1.71. The van der Waals surface area contributed by atoms with E-state index in [1.54, 1.807) is 12.2 Å². The molecule has 0 aromatic heterocycles. The molecule has 4 nitrogen and oxygen atoms in total. The van der Waals surface area contributed by atoms with Gasteiger partial charge in [-0.2, -0.15) is 0 Å². The van der Waals surface area contributed by atoms with Gasteiger partial charge in [0.05, 0.1) is 11.1 Å². The second kappa shape index (κ2) is 8.64. The largest absolute Gasteiger partial charge is 0.507 e. The number of carbonyl (C=O) groups is 2. The van der Waals surface area contributed by atoms with E-state index in [4.69, 9.17) is 0 Å². The first-order chi connectivity index (χ1) is 13.5. The Hall–Kier alpha value is -3.92. The molecule has 3 rings (SSSR count). The van der Waals surface area contributed by atoms with E-state index >= 15 is 0 Å². The molecule has 28 heavy (non-hydrogen) atoms. The molecular formula is C24H18O4. The van der Waals surface area contributed by atoms with Crippen LogP contribution in [0, 0.1) is 0 Å². The third-order valence-electron chi connectivity index (χ3n) is 4.10. The minimum atomic E-state index is -0.470. The Morgan fingerprint density at radius 1 is 0.607 bits per heavy atom. The third-order valence-corrected chi connectivity index (χ3v) is 4.10. The highest BCUT2D eigenvalue weighted by atomic mass is 16.3. The Morgan fingerprint density at radius 2 is 1.00 bits per heavy atom. The smallest absolute Gasteiger partial charge is 0.189 e. The van der Waals surface area contributed by atoms with E-state index in [0.29, 0.717) is 0 Å². The fraction of sp³-hybridized carbons (Fsp3) is 0. The molecule has 0 heterocycles. The molecule has 4 heteroatoms. The molecule has 0 spiro atoms. The molecule has 0 atom stereocenters. The minimum Gasteiger partial charge on any atom is -0.507 e. The Kier molecular flexibility index (Phi) is 5.82. The van der Waals surface area contributed by atoms with E-state index in [0.717, 1.165) is 17.2 Å². The van der Waals surface area contributed by atoms with Crippen molar-refractivity contribution >= 4 is 23.7 Å². The van der Waals surface area contributed by atoms with Crippen molar-refractivity contribution in [1.82, 2.24) is 0 Å². The standard InChI is InChI=1S/C24H18O4/c25-21(13-11-17-7-3-1-4-8-17)19-15-20(24(28)16-23(19)27)22(26)14-12-18-9-5-2-6-10-18/h1-16,27-28H/b13-11-,14-12+. The summed E-state index contributed by atoms with van der Waals surface area (Å²) < 4.78 is 0. The summed E-state index contributed by atoms with van der Waals surface area (Å²) in [5.41, 5.74) is 1.55. The molecule has 0 radical (unpaired) electrons. The highest BCUT2D eigenvalue weighted by molar-refractivity contribution is 6.13. The maximum Gasteiger partial charge on any atom is 0.189 e. The van der Waals surface area contributed by atoms with Gasteiger partial charge in [-0.15, -0.1) is 0 Å². The summed E-state index contributed by atoms with van der Waals surface area (Å²) in [6, 6.07) is 20.7. The monoisotopic (exact) mass is 370 g/mol. The molecule has 0 unspecified atom stereocenters. The fourth-order valence-electron chi connectivity index (χ4n) is 2.62. The second-order valence-corrected chi connectivity index (χ2v) is 6.10. The molecule has 0 saturated carbocycles. The van der Waals surface area contributed by atoms with Crippen LogP contribution in [0.3, 0.4) is 0 Å². The van der Waals surface area contributed by atoms with Crippen LogP contribution < -0.4 is 0 Å². The van der Waals surface area contributed by atoms with Crippen molar-refractivity contribution in [3.8, 4) is 11.5 Å². The van der Waals surface area contributed by atoms with E-state index in [1.807, 2.05) is 60.7 Å². The Morgan fingerprint density at radius 3 is 1.39 bits per heavy atom. The normalized spacial score (nSPS) is 11.1. The molecule has 0 bridgehead atoms. The van der Waals surface area contributed by atoms with E-state index in [1.165, 1.54) is 18.2 Å². The first-order valence-electron chi connectivity index (χ1n) is 8.65. The molecule has 0 fully saturated rings. The van der Waals surface area contributed by atoms with Gasteiger partial charge in [0, 0.05) is 6.07 Å². The SMILES string of the molecule is O=C(/C=C\c1ccccc1)c1cc(C(=O)/C=C/c2ccccc2)c(O)cc1O. The van der Waals surface area contributed by atoms with Gasteiger partial charge in [0.1, 0.15) is 11.5 Å². The zero-order valence-corrected chi connectivity index (χ0v) is 14.9. The molecule has 0 aliphatic rings. The van der Waals surface area contributed by atoms with Crippen LogP contribution in [0.2, 0.25) is 0 Å². The lowest BCUT2D eigenvalue weighted by atomic mass is 10.0. The van der Waals surface area contributed by atoms with Crippen LogP contribution in [-0.2, 0) is 0 Å². The lowest BCUT2D eigenvalue weighted by Gasteiger charge is -2.06. The summed E-state index contributed by atoms with van der Waals surface area (Å²) in [4.78, 5) is 24.9. The first kappa shape index (κ1) is 18.9. The number of aromatic hydroxyl groups is 2. The summed E-state index contributed by atoms with van der Waals surface area (Å²) in [6.07, 6.45) is 5.86. The van der Waals surface area contributed by atoms with Crippen LogP contribution in [0.5, 0.6) is 11.5 Å². The number of benzene rings is 3. The van der Waals surface area contributed by atoms with Gasteiger partial charge < -0.3 is 10.2 Å². The Labute approximate surface area is 162 Å². The predicted octanol–water partition coefficient (Wildman–Crippen LogP) is 4.89. The maximum absolute atomic E-state index is 12.4. The van der Waals surface area contributed by atoms with E-state index in [9.17, 15) is 19.8 Å². The third kappa shape index (κ3) is 4.62. The second-order valence-electron chi connectivity index (χ2n) is 6.10. The zero-order chi connectivity index (χ0) is 19.9. The van der Waals surface area contributed by atoms with Crippen molar-refractivity contribution in [3.63, 3.8) is 0 Å². The lowest BCUT2D eigenvalue weighted by molar-refractivity contribution is 0.104. The maximum atomic E-state index is 12.4. The Bertz CT molecular complexity index is 966. The van der Waals surface area contributed by atoms with Crippen LogP contribution in [0.1, 0.15) is 31.8 Å². The number of carbonyl (C=O) groups excluding carboxylic acids is 2. The van der Waals surface area contributed by atoms with E-state index < -0.39 is 11.6 Å². The molecule has 3 aromatic rings. The van der Waals surface area contributed by atoms with Crippen molar-refractivity contribution < 1.29 is 19.8 Å². The molecule has 2 N–H and O–H groups in total. The van der Waals surface area contributed by atoms with Gasteiger partial charge in [0.15, 0.2) is 11.6 Å². The van der Waals surface area contributed by atoms with Gasteiger partial charge in [-0.1, -0.05) is 72.8 Å². The number of allylic oxidation sites excluding steroid dienone is 2. The zero-order valence-electron chi connectivity index (χ0n) is 14.9. The lowest BCUT2D eigenvalue weighted by Crippen LogP contribution is -2.01. The van der Waals surface area contributed by atoms with Crippen LogP contribution in [0.4, 0.5) is 0 Å². The molecule has 0 saturated heterocycles. The average molecular weight is 370 g/mol. The highest BCUT2D eigenvalue weighted by Gasteiger charge is 2.16. The van der Waals surface area contributed by atoms with E-state index in [2.05, 4.69) is 0 Å². The number of rotatable bonds is 6. The van der Waals surface area contributed by atoms with Gasteiger partial charge >= 0.3 is 0 Å². The van der Waals surface area contributed by atoms with Gasteiger partial charge in [-0.05, 0) is 29.3 Å². The first-order valence-corrected chi connectivity index (χ1v) is 8.65. The number of hydrogen-bond donors (Lipinski definition) is 2. The fourth-order valence-corrected chi connectivity index (χ4v) is 2.62. The van der Waals surface area contributed by atoms with E-state index in [-0.39, 0.29) is 22.6 Å². The van der Waals surface area contributed by atoms with Crippen LogP contribution >= 0.6 is 0 Å². The van der Waals surface area contributed by atoms with Crippen molar-refractivity contribution in [2.24, 2.45) is 0 Å². The number of phenols is 2. The molecule has 0 aliphatic carbocycles. The van der Waals surface area contributed by atoms with Crippen molar-refractivity contribution in [2.45, 2.75) is 0 Å². The molecule has 3 aromatic carbocycles. The number of hydrogen-bond acceptors (Lipinski definition) is 4. The Balaban J connectivity index is 1.85. The predicted molar refractivity (Wildman–Crippen MR) is 109 cm³/mol. The molecule has 0 amide bonds. The van der Waals surface area contributed by atoms with Gasteiger partial charge in [0.2, 0.25) is 0 Å². The van der Waals surface area contributed by atoms with Gasteiger partial charge in [-0.3, -0.25) is 9.59 Å². The topological polar surface area (TPSA) is 74.6 Å². The minimum absolute atomic E-state index is 0.0542. The summed E-state index contributed by atoms with van der Waals surface area (Å²) in [7, 11) is 0. The highest BCUT2D eigenvalue weighted by Crippen LogP contribution is 2.29. The molecule has 0 aliphatic heterocycles. The van der Waals surface area contributed by atoms with Crippen molar-refractivity contribution in [3.05, 3.63) is 107 Å². The summed E-state index contributed by atoms with van der Waals surface area (Å²) in [6.45, 7) is 0. The quantitative estimate of drug-likeness (QED) is 0.478. The summed E-state index contributed by atoms with van der Waals surface area (Å²) >= 11 is 0. The summed E-state index contributed by atoms with van der Waals surface area (Å²) in [5, 5.41) is 20.1. The average Bonchev–Trinajstić information content (AvgIpc) is 2.72. The van der Waals surface area contributed by atoms with Crippen molar-refractivity contribution in [1.29, 1.82) is 0 Å². The molecule has 138 valence electrons. The van der Waals surface area contributed by atoms with Gasteiger partial charge in [-0.25, -0.2) is 0 Å².